The number of carbonyl (C=O) groups excluding carboxylic acids is 1. The van der Waals surface area contributed by atoms with Crippen molar-refractivity contribution in [2.75, 3.05) is 13.7 Å². The number of hydrogen-bond donors (Lipinski definition) is 0. The minimum absolute atomic E-state index is 0.135. The van der Waals surface area contributed by atoms with E-state index >= 15 is 0 Å². The zero-order valence-electron chi connectivity index (χ0n) is 12.9. The fourth-order valence-electron chi connectivity index (χ4n) is 2.99. The molecule has 1 unspecified atom stereocenters. The van der Waals surface area contributed by atoms with Crippen LogP contribution in [0, 0.1) is 6.92 Å². The Labute approximate surface area is 134 Å². The van der Waals surface area contributed by atoms with Crippen molar-refractivity contribution in [2.45, 2.75) is 32.2 Å². The van der Waals surface area contributed by atoms with E-state index < -0.39 is 0 Å². The first-order chi connectivity index (χ1) is 10.7. The number of aryl methyl sites for hydroxylation is 1. The van der Waals surface area contributed by atoms with Crippen LogP contribution >= 0.6 is 11.3 Å². The summed E-state index contributed by atoms with van der Waals surface area (Å²) >= 11 is 1.44. The first-order valence-electron chi connectivity index (χ1n) is 7.53. The lowest BCUT2D eigenvalue weighted by Gasteiger charge is -2.24. The summed E-state index contributed by atoms with van der Waals surface area (Å²) in [5.74, 6) is 0.999. The molecular weight excluding hydrogens is 296 g/mol. The van der Waals surface area contributed by atoms with Crippen LogP contribution in [0.3, 0.4) is 0 Å². The number of methoxy groups -OCH3 is 1. The van der Waals surface area contributed by atoms with E-state index in [2.05, 4.69) is 17.1 Å². The fraction of sp³-hybridized carbons (Fsp3) is 0.412. The number of aromatic nitrogens is 1. The Kier molecular flexibility index (Phi) is 4.43. The molecule has 2 heterocycles. The van der Waals surface area contributed by atoms with Crippen LogP contribution in [0.2, 0.25) is 0 Å². The third-order valence-corrected chi connectivity index (χ3v) is 5.12. The number of benzene rings is 1. The molecule has 0 saturated carbocycles. The third-order valence-electron chi connectivity index (χ3n) is 4.21. The van der Waals surface area contributed by atoms with Gasteiger partial charge in [0, 0.05) is 12.6 Å². The zero-order valence-corrected chi connectivity index (χ0v) is 13.7. The summed E-state index contributed by atoms with van der Waals surface area (Å²) < 4.78 is 5.19. The van der Waals surface area contributed by atoms with Gasteiger partial charge in [-0.15, -0.1) is 11.3 Å². The number of amides is 1. The number of rotatable bonds is 4. The van der Waals surface area contributed by atoms with Gasteiger partial charge in [-0.05, 0) is 43.9 Å². The molecule has 4 nitrogen and oxygen atoms in total. The molecule has 1 saturated heterocycles. The number of thiazole rings is 1. The van der Waals surface area contributed by atoms with Gasteiger partial charge in [0.15, 0.2) is 0 Å². The van der Waals surface area contributed by atoms with Gasteiger partial charge in [0.25, 0.3) is 5.91 Å². The average molecular weight is 316 g/mol. The topological polar surface area (TPSA) is 42.4 Å². The van der Waals surface area contributed by atoms with Crippen LogP contribution in [0.25, 0.3) is 0 Å². The van der Waals surface area contributed by atoms with Crippen molar-refractivity contribution in [2.24, 2.45) is 0 Å². The zero-order chi connectivity index (χ0) is 15.5. The Morgan fingerprint density at radius 2 is 2.18 bits per heavy atom. The number of nitrogens with zero attached hydrogens (tertiary/aromatic N) is 2. The Morgan fingerprint density at radius 1 is 1.41 bits per heavy atom. The summed E-state index contributed by atoms with van der Waals surface area (Å²) in [4.78, 5) is 19.7. The molecule has 0 bridgehead atoms. The highest BCUT2D eigenvalue weighted by Gasteiger charge is 2.30. The predicted octanol–water partition coefficient (Wildman–Crippen LogP) is 3.31. The maximum Gasteiger partial charge on any atom is 0.266 e. The van der Waals surface area contributed by atoms with E-state index in [-0.39, 0.29) is 11.9 Å². The lowest BCUT2D eigenvalue weighted by atomic mass is 10.0. The lowest BCUT2D eigenvalue weighted by molar-refractivity contribution is 0.0740. The molecule has 116 valence electrons. The fourth-order valence-corrected chi connectivity index (χ4v) is 3.74. The highest BCUT2D eigenvalue weighted by Crippen LogP contribution is 2.26. The summed E-state index contributed by atoms with van der Waals surface area (Å²) in [5.41, 5.74) is 3.83. The number of carbonyl (C=O) groups is 1. The van der Waals surface area contributed by atoms with Gasteiger partial charge in [0.2, 0.25) is 0 Å². The summed E-state index contributed by atoms with van der Waals surface area (Å²) in [7, 11) is 1.67. The quantitative estimate of drug-likeness (QED) is 0.869. The standard InChI is InChI=1S/C17H20N2O2S/c1-12-16(22-11-18-12)17(20)19-9-3-4-14(19)10-13-5-7-15(21-2)8-6-13/h5-8,11,14H,3-4,9-10H2,1-2H3. The van der Waals surface area contributed by atoms with Crippen LogP contribution in [0.5, 0.6) is 5.75 Å². The van der Waals surface area contributed by atoms with Gasteiger partial charge in [0.05, 0.1) is 18.3 Å². The molecular formula is C17H20N2O2S. The largest absolute Gasteiger partial charge is 0.497 e. The van der Waals surface area contributed by atoms with E-state index in [1.807, 2.05) is 24.0 Å². The van der Waals surface area contributed by atoms with Crippen LogP contribution in [0.1, 0.15) is 33.8 Å². The highest BCUT2D eigenvalue weighted by atomic mass is 32.1. The molecule has 0 radical (unpaired) electrons. The van der Waals surface area contributed by atoms with E-state index in [0.717, 1.165) is 42.1 Å². The maximum atomic E-state index is 12.7. The molecule has 0 spiro atoms. The second-order valence-electron chi connectivity index (χ2n) is 5.61. The molecule has 1 aromatic heterocycles. The Morgan fingerprint density at radius 3 is 2.82 bits per heavy atom. The average Bonchev–Trinajstić information content (AvgIpc) is 3.16. The Bertz CT molecular complexity index is 651. The minimum Gasteiger partial charge on any atom is -0.497 e. The molecule has 0 aliphatic carbocycles. The Hall–Kier alpha value is -1.88. The molecule has 1 amide bonds. The molecule has 1 fully saturated rings. The van der Waals surface area contributed by atoms with Gasteiger partial charge in [-0.1, -0.05) is 12.1 Å². The molecule has 1 aliphatic heterocycles. The second kappa shape index (κ2) is 6.48. The first kappa shape index (κ1) is 15.0. The van der Waals surface area contributed by atoms with E-state index in [1.165, 1.54) is 16.9 Å². The van der Waals surface area contributed by atoms with Crippen LogP contribution < -0.4 is 4.74 Å². The SMILES string of the molecule is COc1ccc(CC2CCCN2C(=O)c2scnc2C)cc1. The summed E-state index contributed by atoms with van der Waals surface area (Å²) in [6.45, 7) is 2.75. The van der Waals surface area contributed by atoms with Crippen molar-refractivity contribution in [1.29, 1.82) is 0 Å². The van der Waals surface area contributed by atoms with Gasteiger partial charge in [-0.25, -0.2) is 4.98 Å². The van der Waals surface area contributed by atoms with Crippen LogP contribution in [-0.4, -0.2) is 35.5 Å². The third kappa shape index (κ3) is 2.99. The lowest BCUT2D eigenvalue weighted by Crippen LogP contribution is -2.36. The van der Waals surface area contributed by atoms with Crippen LogP contribution in [0.15, 0.2) is 29.8 Å². The summed E-state index contributed by atoms with van der Waals surface area (Å²) in [6.07, 6.45) is 3.04. The highest BCUT2D eigenvalue weighted by molar-refractivity contribution is 7.11. The van der Waals surface area contributed by atoms with E-state index in [9.17, 15) is 4.79 Å². The van der Waals surface area contributed by atoms with Crippen molar-refractivity contribution in [3.63, 3.8) is 0 Å². The van der Waals surface area contributed by atoms with E-state index in [0.29, 0.717) is 0 Å². The predicted molar refractivity (Wildman–Crippen MR) is 87.6 cm³/mol. The maximum absolute atomic E-state index is 12.7. The van der Waals surface area contributed by atoms with Gasteiger partial charge in [0.1, 0.15) is 10.6 Å². The molecule has 5 heteroatoms. The van der Waals surface area contributed by atoms with Crippen molar-refractivity contribution >= 4 is 17.2 Å². The molecule has 2 aromatic rings. The van der Waals surface area contributed by atoms with Crippen molar-refractivity contribution in [3.8, 4) is 5.75 Å². The number of ether oxygens (including phenoxy) is 1. The molecule has 1 aliphatic rings. The smallest absolute Gasteiger partial charge is 0.266 e. The van der Waals surface area contributed by atoms with Crippen molar-refractivity contribution < 1.29 is 9.53 Å². The van der Waals surface area contributed by atoms with Crippen LogP contribution in [-0.2, 0) is 6.42 Å². The molecule has 0 N–H and O–H groups in total. The van der Waals surface area contributed by atoms with Crippen molar-refractivity contribution in [1.82, 2.24) is 9.88 Å². The van der Waals surface area contributed by atoms with Gasteiger partial charge < -0.3 is 9.64 Å². The van der Waals surface area contributed by atoms with Gasteiger partial charge in [-0.2, -0.15) is 0 Å². The van der Waals surface area contributed by atoms with Gasteiger partial charge >= 0.3 is 0 Å². The molecule has 1 atom stereocenters. The summed E-state index contributed by atoms with van der Waals surface area (Å²) in [6, 6.07) is 8.39. The first-order valence-corrected chi connectivity index (χ1v) is 8.41. The van der Waals surface area contributed by atoms with Crippen LogP contribution in [0.4, 0.5) is 0 Å². The Balaban J connectivity index is 1.72. The molecule has 1 aromatic carbocycles. The monoisotopic (exact) mass is 316 g/mol. The van der Waals surface area contributed by atoms with Crippen molar-refractivity contribution in [3.05, 3.63) is 45.9 Å². The van der Waals surface area contributed by atoms with E-state index in [1.54, 1.807) is 12.6 Å². The number of hydrogen-bond acceptors (Lipinski definition) is 4. The summed E-state index contributed by atoms with van der Waals surface area (Å²) in [5, 5.41) is 0. The van der Waals surface area contributed by atoms with Gasteiger partial charge in [-0.3, -0.25) is 4.79 Å². The van der Waals surface area contributed by atoms with E-state index in [4.69, 9.17) is 4.74 Å². The molecule has 3 rings (SSSR count). The second-order valence-corrected chi connectivity index (χ2v) is 6.47. The number of likely N-dealkylation sites (tertiary alicyclic amines) is 1. The molecule has 22 heavy (non-hydrogen) atoms. The minimum atomic E-state index is 0.135. The normalized spacial score (nSPS) is 17.7.